The lowest BCUT2D eigenvalue weighted by molar-refractivity contribution is -0.154. The van der Waals surface area contributed by atoms with Crippen LogP contribution in [-0.4, -0.2) is 27.4 Å². The molecule has 0 spiro atoms. The van der Waals surface area contributed by atoms with Crippen LogP contribution >= 0.6 is 0 Å². The first kappa shape index (κ1) is 10.7. The first-order valence-electron chi connectivity index (χ1n) is 5.25. The van der Waals surface area contributed by atoms with Crippen LogP contribution in [0.2, 0.25) is 0 Å². The summed E-state index contributed by atoms with van der Waals surface area (Å²) in [6.45, 7) is 2.11. The van der Waals surface area contributed by atoms with Gasteiger partial charge in [0.15, 0.2) is 5.82 Å². The first-order chi connectivity index (χ1) is 7.62. The van der Waals surface area contributed by atoms with Gasteiger partial charge < -0.3 is 16.3 Å². The van der Waals surface area contributed by atoms with E-state index < -0.39 is 5.41 Å². The fraction of sp³-hybridized carbons (Fsp3) is 0.667. The zero-order valence-corrected chi connectivity index (χ0v) is 9.14. The van der Waals surface area contributed by atoms with Crippen molar-refractivity contribution in [1.82, 2.24) is 14.9 Å². The molecule has 0 aliphatic heterocycles. The quantitative estimate of drug-likeness (QED) is 0.533. The molecule has 1 aliphatic rings. The fourth-order valence-electron chi connectivity index (χ4n) is 1.95. The molecular weight excluding hydrogens is 210 g/mol. The SMILES string of the molecule is CCOC(=O)C1(c2nnc(N)n2N)CCC1. The van der Waals surface area contributed by atoms with Gasteiger partial charge in [0.25, 0.3) is 0 Å². The third kappa shape index (κ3) is 1.31. The number of hydrogen-bond donors (Lipinski definition) is 2. The van der Waals surface area contributed by atoms with Gasteiger partial charge >= 0.3 is 5.97 Å². The molecule has 0 saturated heterocycles. The number of aromatic nitrogens is 3. The van der Waals surface area contributed by atoms with E-state index in [-0.39, 0.29) is 11.9 Å². The maximum atomic E-state index is 11.9. The highest BCUT2D eigenvalue weighted by Crippen LogP contribution is 2.43. The van der Waals surface area contributed by atoms with Crippen molar-refractivity contribution in [1.29, 1.82) is 0 Å². The summed E-state index contributed by atoms with van der Waals surface area (Å²) >= 11 is 0. The smallest absolute Gasteiger partial charge is 0.319 e. The molecule has 88 valence electrons. The number of nitrogens with two attached hydrogens (primary N) is 2. The lowest BCUT2D eigenvalue weighted by atomic mass is 9.68. The number of ether oxygens (including phenoxy) is 1. The van der Waals surface area contributed by atoms with Gasteiger partial charge in [0.1, 0.15) is 5.41 Å². The summed E-state index contributed by atoms with van der Waals surface area (Å²) in [5.41, 5.74) is 4.76. The number of nitrogen functional groups attached to an aromatic ring is 2. The van der Waals surface area contributed by atoms with E-state index in [1.807, 2.05) is 0 Å². The molecule has 1 aliphatic carbocycles. The van der Waals surface area contributed by atoms with Gasteiger partial charge in [-0.05, 0) is 19.8 Å². The Kier molecular flexibility index (Phi) is 2.45. The second-order valence-electron chi connectivity index (χ2n) is 3.91. The minimum Gasteiger partial charge on any atom is -0.465 e. The van der Waals surface area contributed by atoms with E-state index in [0.717, 1.165) is 11.1 Å². The van der Waals surface area contributed by atoms with Crippen LogP contribution in [0.4, 0.5) is 5.95 Å². The molecule has 1 heterocycles. The maximum Gasteiger partial charge on any atom is 0.319 e. The van der Waals surface area contributed by atoms with E-state index in [0.29, 0.717) is 25.3 Å². The van der Waals surface area contributed by atoms with E-state index in [2.05, 4.69) is 10.2 Å². The number of hydrogen-bond acceptors (Lipinski definition) is 6. The summed E-state index contributed by atoms with van der Waals surface area (Å²) in [5.74, 6) is 5.90. The average molecular weight is 225 g/mol. The molecule has 1 fully saturated rings. The second kappa shape index (κ2) is 3.66. The average Bonchev–Trinajstić information content (AvgIpc) is 2.49. The third-order valence-corrected chi connectivity index (χ3v) is 3.02. The molecular formula is C9H15N5O2. The van der Waals surface area contributed by atoms with Gasteiger partial charge in [-0.25, -0.2) is 4.68 Å². The zero-order chi connectivity index (χ0) is 11.8. The molecule has 16 heavy (non-hydrogen) atoms. The zero-order valence-electron chi connectivity index (χ0n) is 9.14. The summed E-state index contributed by atoms with van der Waals surface area (Å²) in [4.78, 5) is 11.9. The Morgan fingerprint density at radius 3 is 2.62 bits per heavy atom. The normalized spacial score (nSPS) is 17.8. The number of rotatable bonds is 3. The number of carbonyl (C=O) groups is 1. The Bertz CT molecular complexity index is 410. The Balaban J connectivity index is 2.35. The molecule has 1 aromatic heterocycles. The molecule has 2 rings (SSSR count). The highest BCUT2D eigenvalue weighted by molar-refractivity contribution is 5.83. The van der Waals surface area contributed by atoms with Crippen LogP contribution in [0.3, 0.4) is 0 Å². The summed E-state index contributed by atoms with van der Waals surface area (Å²) < 4.78 is 6.21. The van der Waals surface area contributed by atoms with Crippen molar-refractivity contribution in [2.24, 2.45) is 0 Å². The van der Waals surface area contributed by atoms with Crippen molar-refractivity contribution >= 4 is 11.9 Å². The molecule has 0 bridgehead atoms. The summed E-state index contributed by atoms with van der Waals surface area (Å²) in [6, 6.07) is 0. The molecule has 7 heteroatoms. The number of anilines is 1. The van der Waals surface area contributed by atoms with E-state index in [1.54, 1.807) is 6.92 Å². The lowest BCUT2D eigenvalue weighted by Gasteiger charge is -2.37. The molecule has 1 aromatic rings. The Morgan fingerprint density at radius 1 is 1.56 bits per heavy atom. The van der Waals surface area contributed by atoms with Crippen LogP contribution in [0.15, 0.2) is 0 Å². The van der Waals surface area contributed by atoms with Crippen molar-refractivity contribution in [3.05, 3.63) is 5.82 Å². The minimum atomic E-state index is -0.741. The Morgan fingerprint density at radius 2 is 2.25 bits per heavy atom. The number of nitrogens with zero attached hydrogens (tertiary/aromatic N) is 3. The van der Waals surface area contributed by atoms with E-state index in [4.69, 9.17) is 16.3 Å². The molecule has 7 nitrogen and oxygen atoms in total. The Labute approximate surface area is 92.7 Å². The van der Waals surface area contributed by atoms with Gasteiger partial charge in [-0.2, -0.15) is 0 Å². The van der Waals surface area contributed by atoms with Gasteiger partial charge in [-0.1, -0.05) is 6.42 Å². The van der Waals surface area contributed by atoms with Crippen LogP contribution in [-0.2, 0) is 14.9 Å². The predicted molar refractivity (Wildman–Crippen MR) is 56.7 cm³/mol. The summed E-state index contributed by atoms with van der Waals surface area (Å²) in [5, 5.41) is 7.54. The van der Waals surface area contributed by atoms with E-state index >= 15 is 0 Å². The number of esters is 1. The first-order valence-corrected chi connectivity index (χ1v) is 5.25. The van der Waals surface area contributed by atoms with Crippen LogP contribution in [0, 0.1) is 0 Å². The molecule has 4 N–H and O–H groups in total. The van der Waals surface area contributed by atoms with Crippen LogP contribution < -0.4 is 11.6 Å². The minimum absolute atomic E-state index is 0.102. The van der Waals surface area contributed by atoms with Gasteiger partial charge in [0.05, 0.1) is 6.61 Å². The predicted octanol–water partition coefficient (Wildman–Crippen LogP) is -0.441. The van der Waals surface area contributed by atoms with Crippen molar-refractivity contribution in [3.8, 4) is 0 Å². The van der Waals surface area contributed by atoms with Gasteiger partial charge in [-0.15, -0.1) is 10.2 Å². The van der Waals surface area contributed by atoms with E-state index in [9.17, 15) is 4.79 Å². The van der Waals surface area contributed by atoms with Crippen LogP contribution in [0.1, 0.15) is 32.0 Å². The topological polar surface area (TPSA) is 109 Å². The fourth-order valence-corrected chi connectivity index (χ4v) is 1.95. The van der Waals surface area contributed by atoms with Crippen molar-refractivity contribution in [2.45, 2.75) is 31.6 Å². The molecule has 1 saturated carbocycles. The van der Waals surface area contributed by atoms with Crippen molar-refractivity contribution in [2.75, 3.05) is 18.2 Å². The molecule has 0 atom stereocenters. The van der Waals surface area contributed by atoms with Crippen molar-refractivity contribution < 1.29 is 9.53 Å². The van der Waals surface area contributed by atoms with Crippen molar-refractivity contribution in [3.63, 3.8) is 0 Å². The highest BCUT2D eigenvalue weighted by atomic mass is 16.5. The van der Waals surface area contributed by atoms with Crippen LogP contribution in [0.25, 0.3) is 0 Å². The summed E-state index contributed by atoms with van der Waals surface area (Å²) in [7, 11) is 0. The summed E-state index contributed by atoms with van der Waals surface area (Å²) in [6.07, 6.45) is 2.31. The van der Waals surface area contributed by atoms with Crippen LogP contribution in [0.5, 0.6) is 0 Å². The maximum absolute atomic E-state index is 11.9. The van der Waals surface area contributed by atoms with Gasteiger partial charge in [0.2, 0.25) is 5.95 Å². The standard InChI is InChI=1S/C9H15N5O2/c1-2-16-7(15)9(4-3-5-9)6-12-13-8(10)14(6)11/h2-5,11H2,1H3,(H2,10,13). The highest BCUT2D eigenvalue weighted by Gasteiger charge is 2.51. The van der Waals surface area contributed by atoms with Gasteiger partial charge in [0, 0.05) is 0 Å². The molecule has 0 radical (unpaired) electrons. The molecule has 0 amide bonds. The van der Waals surface area contributed by atoms with E-state index in [1.165, 1.54) is 0 Å². The monoisotopic (exact) mass is 225 g/mol. The molecule has 0 aromatic carbocycles. The largest absolute Gasteiger partial charge is 0.465 e. The Hall–Kier alpha value is -1.79. The van der Waals surface area contributed by atoms with Gasteiger partial charge in [-0.3, -0.25) is 4.79 Å². The second-order valence-corrected chi connectivity index (χ2v) is 3.91. The molecule has 0 unspecified atom stereocenters. The third-order valence-electron chi connectivity index (χ3n) is 3.02. The number of carbonyl (C=O) groups excluding carboxylic acids is 1. The lowest BCUT2D eigenvalue weighted by Crippen LogP contribution is -2.46.